The van der Waals surface area contributed by atoms with Gasteiger partial charge >= 0.3 is 0 Å². The molecule has 1 heterocycles. The number of guanidine groups is 1. The largest absolute Gasteiger partial charge is 0.469 e. The molecular formula is C17H33IN4O. The van der Waals surface area contributed by atoms with Crippen LogP contribution in [-0.4, -0.2) is 50.1 Å². The van der Waals surface area contributed by atoms with Crippen LogP contribution in [0.1, 0.15) is 39.4 Å². The van der Waals surface area contributed by atoms with Crippen LogP contribution in [0.5, 0.6) is 0 Å². The van der Waals surface area contributed by atoms with E-state index in [-0.39, 0.29) is 24.0 Å². The molecule has 2 N–H and O–H groups in total. The Hall–Kier alpha value is -0.760. The van der Waals surface area contributed by atoms with Gasteiger partial charge in [-0.05, 0) is 51.5 Å². The first-order chi connectivity index (χ1) is 10.7. The summed E-state index contributed by atoms with van der Waals surface area (Å²) in [4.78, 5) is 6.74. The van der Waals surface area contributed by atoms with Crippen molar-refractivity contribution in [1.29, 1.82) is 0 Å². The topological polar surface area (TPSA) is 52.8 Å². The minimum atomic E-state index is 0. The molecule has 1 aromatic heterocycles. The molecule has 5 nitrogen and oxygen atoms in total. The normalized spacial score (nSPS) is 12.8. The highest BCUT2D eigenvalue weighted by Crippen LogP contribution is 2.01. The van der Waals surface area contributed by atoms with Gasteiger partial charge in [-0.2, -0.15) is 0 Å². The molecule has 0 aliphatic heterocycles. The van der Waals surface area contributed by atoms with Gasteiger partial charge < -0.3 is 20.0 Å². The number of nitrogens with one attached hydrogen (secondary N) is 2. The van der Waals surface area contributed by atoms with Crippen molar-refractivity contribution in [2.75, 3.05) is 33.2 Å². The second-order valence-electron chi connectivity index (χ2n) is 5.54. The average Bonchev–Trinajstić information content (AvgIpc) is 3.04. The molecule has 0 spiro atoms. The number of hydrogen-bond donors (Lipinski definition) is 2. The number of aliphatic imine (C=N–C) groups is 1. The van der Waals surface area contributed by atoms with E-state index >= 15 is 0 Å². The van der Waals surface area contributed by atoms with Crippen molar-refractivity contribution in [3.05, 3.63) is 24.2 Å². The smallest absolute Gasteiger partial charge is 0.191 e. The summed E-state index contributed by atoms with van der Waals surface area (Å²) < 4.78 is 5.32. The lowest BCUT2D eigenvalue weighted by atomic mass is 10.2. The molecule has 1 rings (SSSR count). The third kappa shape index (κ3) is 9.86. The van der Waals surface area contributed by atoms with Crippen LogP contribution in [0.3, 0.4) is 0 Å². The average molecular weight is 436 g/mol. The maximum Gasteiger partial charge on any atom is 0.191 e. The standard InChI is InChI=1S/C17H32N4O.HI/c1-5-21(6-2)13-7-9-15(3)20-17(18-4)19-12-11-16-10-8-14-22-16;/h8,10,14-15H,5-7,9,11-13H2,1-4H3,(H2,18,19,20);1H. The van der Waals surface area contributed by atoms with Crippen molar-refractivity contribution in [3.8, 4) is 0 Å². The van der Waals surface area contributed by atoms with Crippen molar-refractivity contribution in [3.63, 3.8) is 0 Å². The second-order valence-corrected chi connectivity index (χ2v) is 5.54. The molecule has 0 fully saturated rings. The lowest BCUT2D eigenvalue weighted by Gasteiger charge is -2.21. The third-order valence-corrected chi connectivity index (χ3v) is 3.86. The number of nitrogens with zero attached hydrogens (tertiary/aromatic N) is 2. The van der Waals surface area contributed by atoms with Gasteiger partial charge in [-0.3, -0.25) is 4.99 Å². The van der Waals surface area contributed by atoms with Gasteiger partial charge in [0.1, 0.15) is 5.76 Å². The molecule has 0 bridgehead atoms. The summed E-state index contributed by atoms with van der Waals surface area (Å²) >= 11 is 0. The Morgan fingerprint density at radius 2 is 2.09 bits per heavy atom. The molecule has 0 amide bonds. The Balaban J connectivity index is 0.00000484. The molecule has 1 aromatic rings. The van der Waals surface area contributed by atoms with Gasteiger partial charge in [-0.15, -0.1) is 24.0 Å². The highest BCUT2D eigenvalue weighted by atomic mass is 127. The van der Waals surface area contributed by atoms with E-state index < -0.39 is 0 Å². The lowest BCUT2D eigenvalue weighted by molar-refractivity contribution is 0.292. The van der Waals surface area contributed by atoms with Crippen LogP contribution in [0.4, 0.5) is 0 Å². The summed E-state index contributed by atoms with van der Waals surface area (Å²) in [5, 5.41) is 6.77. The lowest BCUT2D eigenvalue weighted by Crippen LogP contribution is -2.43. The molecule has 0 aliphatic rings. The van der Waals surface area contributed by atoms with Crippen LogP contribution in [0, 0.1) is 0 Å². The van der Waals surface area contributed by atoms with Crippen LogP contribution < -0.4 is 10.6 Å². The number of hydrogen-bond acceptors (Lipinski definition) is 3. The zero-order valence-electron chi connectivity index (χ0n) is 15.0. The van der Waals surface area contributed by atoms with Crippen molar-refractivity contribution in [1.82, 2.24) is 15.5 Å². The molecule has 23 heavy (non-hydrogen) atoms. The summed E-state index contributed by atoms with van der Waals surface area (Å²) in [7, 11) is 1.81. The third-order valence-electron chi connectivity index (χ3n) is 3.86. The molecule has 1 unspecified atom stereocenters. The van der Waals surface area contributed by atoms with Gasteiger partial charge in [0.25, 0.3) is 0 Å². The zero-order chi connectivity index (χ0) is 16.2. The van der Waals surface area contributed by atoms with E-state index in [0.29, 0.717) is 6.04 Å². The minimum Gasteiger partial charge on any atom is -0.469 e. The summed E-state index contributed by atoms with van der Waals surface area (Å²) in [6.45, 7) is 10.9. The molecule has 0 saturated heterocycles. The first-order valence-electron chi connectivity index (χ1n) is 8.41. The Morgan fingerprint density at radius 1 is 1.35 bits per heavy atom. The summed E-state index contributed by atoms with van der Waals surface area (Å²) in [6, 6.07) is 4.33. The fourth-order valence-electron chi connectivity index (χ4n) is 2.42. The predicted molar refractivity (Wildman–Crippen MR) is 109 cm³/mol. The molecule has 134 valence electrons. The van der Waals surface area contributed by atoms with Gasteiger partial charge in [0.15, 0.2) is 5.96 Å². The Morgan fingerprint density at radius 3 is 2.65 bits per heavy atom. The van der Waals surface area contributed by atoms with Gasteiger partial charge in [0.05, 0.1) is 6.26 Å². The maximum atomic E-state index is 5.32. The van der Waals surface area contributed by atoms with Crippen molar-refractivity contribution >= 4 is 29.9 Å². The van der Waals surface area contributed by atoms with Crippen molar-refractivity contribution in [2.45, 2.75) is 46.1 Å². The molecule has 0 aromatic carbocycles. The first kappa shape index (κ1) is 22.2. The van der Waals surface area contributed by atoms with Crippen LogP contribution >= 0.6 is 24.0 Å². The van der Waals surface area contributed by atoms with Crippen LogP contribution in [-0.2, 0) is 6.42 Å². The summed E-state index contributed by atoms with van der Waals surface area (Å²) in [5.74, 6) is 1.86. The molecule has 1 atom stereocenters. The Labute approximate surface area is 158 Å². The van der Waals surface area contributed by atoms with Crippen LogP contribution in [0.2, 0.25) is 0 Å². The van der Waals surface area contributed by atoms with Gasteiger partial charge in [0.2, 0.25) is 0 Å². The molecule has 0 aliphatic carbocycles. The number of furan rings is 1. The molecular weight excluding hydrogens is 403 g/mol. The van der Waals surface area contributed by atoms with E-state index in [1.807, 2.05) is 19.2 Å². The maximum absolute atomic E-state index is 5.32. The number of halogens is 1. The van der Waals surface area contributed by atoms with E-state index in [1.54, 1.807) is 6.26 Å². The Kier molecular flexibility index (Phi) is 13.2. The Bertz CT molecular complexity index is 405. The van der Waals surface area contributed by atoms with Crippen molar-refractivity contribution in [2.24, 2.45) is 4.99 Å². The zero-order valence-corrected chi connectivity index (χ0v) is 17.3. The molecule has 0 radical (unpaired) electrons. The monoisotopic (exact) mass is 436 g/mol. The minimum absolute atomic E-state index is 0. The molecule has 0 saturated carbocycles. The van der Waals surface area contributed by atoms with Crippen molar-refractivity contribution < 1.29 is 4.42 Å². The fourth-order valence-corrected chi connectivity index (χ4v) is 2.42. The highest BCUT2D eigenvalue weighted by Gasteiger charge is 2.06. The summed E-state index contributed by atoms with van der Waals surface area (Å²) in [6.07, 6.45) is 4.93. The van der Waals surface area contributed by atoms with E-state index in [0.717, 1.165) is 44.2 Å². The highest BCUT2D eigenvalue weighted by molar-refractivity contribution is 14.0. The van der Waals surface area contributed by atoms with E-state index in [9.17, 15) is 0 Å². The first-order valence-corrected chi connectivity index (χ1v) is 8.41. The van der Waals surface area contributed by atoms with Crippen LogP contribution in [0.25, 0.3) is 0 Å². The molecule has 6 heteroatoms. The second kappa shape index (κ2) is 13.7. The van der Waals surface area contributed by atoms with Gasteiger partial charge in [-0.25, -0.2) is 0 Å². The van der Waals surface area contributed by atoms with Gasteiger partial charge in [0, 0.05) is 26.1 Å². The number of rotatable bonds is 10. The van der Waals surface area contributed by atoms with E-state index in [4.69, 9.17) is 4.42 Å². The van der Waals surface area contributed by atoms with Crippen LogP contribution in [0.15, 0.2) is 27.8 Å². The SMILES string of the molecule is CCN(CC)CCCC(C)NC(=NC)NCCc1ccco1.I. The fraction of sp³-hybridized carbons (Fsp3) is 0.706. The van der Waals surface area contributed by atoms with Gasteiger partial charge in [-0.1, -0.05) is 13.8 Å². The predicted octanol–water partition coefficient (Wildman–Crippen LogP) is 3.12. The summed E-state index contributed by atoms with van der Waals surface area (Å²) in [5.41, 5.74) is 0. The van der Waals surface area contributed by atoms with E-state index in [1.165, 1.54) is 13.0 Å². The van der Waals surface area contributed by atoms with E-state index in [2.05, 4.69) is 41.3 Å². The quantitative estimate of drug-likeness (QED) is 0.336.